The lowest BCUT2D eigenvalue weighted by molar-refractivity contribution is -0.120. The van der Waals surface area contributed by atoms with E-state index in [4.69, 9.17) is 4.74 Å². The topological polar surface area (TPSA) is 26.3 Å². The first kappa shape index (κ1) is 12.2. The summed E-state index contributed by atoms with van der Waals surface area (Å²) in [5.41, 5.74) is 1.21. The molecule has 0 N–H and O–H groups in total. The molecule has 0 atom stereocenters. The third kappa shape index (κ3) is 3.32. The van der Waals surface area contributed by atoms with Crippen LogP contribution in [0, 0.1) is 5.92 Å². The van der Waals surface area contributed by atoms with Gasteiger partial charge in [0.25, 0.3) is 0 Å². The molecule has 0 unspecified atom stereocenters. The average molecular weight is 232 g/mol. The van der Waals surface area contributed by atoms with Crippen LogP contribution in [-0.4, -0.2) is 12.4 Å². The van der Waals surface area contributed by atoms with Crippen molar-refractivity contribution in [2.45, 2.75) is 39.0 Å². The molecular weight excluding hydrogens is 212 g/mol. The van der Waals surface area contributed by atoms with Gasteiger partial charge in [-0.25, -0.2) is 0 Å². The van der Waals surface area contributed by atoms with Crippen molar-refractivity contribution in [2.75, 3.05) is 6.61 Å². The van der Waals surface area contributed by atoms with Gasteiger partial charge in [-0.05, 0) is 30.4 Å². The van der Waals surface area contributed by atoms with E-state index in [2.05, 4.69) is 19.9 Å². The Hall–Kier alpha value is -1.31. The molecule has 1 aromatic rings. The van der Waals surface area contributed by atoms with Gasteiger partial charge in [-0.3, -0.25) is 4.79 Å². The van der Waals surface area contributed by atoms with Crippen molar-refractivity contribution in [3.63, 3.8) is 0 Å². The zero-order valence-electron chi connectivity index (χ0n) is 10.6. The number of para-hydroxylation sites is 1. The first-order valence-electron chi connectivity index (χ1n) is 6.43. The SMILES string of the molecule is CC(C)c1ccccc1OCCC(=O)C1CC1. The summed E-state index contributed by atoms with van der Waals surface area (Å²) in [5, 5.41) is 0. The van der Waals surface area contributed by atoms with Gasteiger partial charge in [-0.15, -0.1) is 0 Å². The number of ether oxygens (including phenoxy) is 1. The number of benzene rings is 1. The Kier molecular flexibility index (Phi) is 3.82. The minimum Gasteiger partial charge on any atom is -0.493 e. The van der Waals surface area contributed by atoms with Gasteiger partial charge in [-0.2, -0.15) is 0 Å². The third-order valence-electron chi connectivity index (χ3n) is 3.18. The van der Waals surface area contributed by atoms with Crippen LogP contribution in [-0.2, 0) is 4.79 Å². The summed E-state index contributed by atoms with van der Waals surface area (Å²) in [6.07, 6.45) is 2.72. The van der Waals surface area contributed by atoms with Gasteiger partial charge < -0.3 is 4.74 Å². The number of Topliss-reactive ketones (excluding diaryl/α,β-unsaturated/α-hetero) is 1. The summed E-state index contributed by atoms with van der Waals surface area (Å²) in [7, 11) is 0. The number of ketones is 1. The molecule has 0 aliphatic heterocycles. The molecule has 92 valence electrons. The predicted octanol–water partition coefficient (Wildman–Crippen LogP) is 3.56. The van der Waals surface area contributed by atoms with Crippen LogP contribution in [0.2, 0.25) is 0 Å². The highest BCUT2D eigenvalue weighted by Crippen LogP contribution is 2.31. The van der Waals surface area contributed by atoms with Crippen LogP contribution in [0.4, 0.5) is 0 Å². The van der Waals surface area contributed by atoms with Gasteiger partial charge in [0.1, 0.15) is 11.5 Å². The molecule has 0 amide bonds. The second-order valence-electron chi connectivity index (χ2n) is 5.03. The molecule has 0 spiro atoms. The van der Waals surface area contributed by atoms with Crippen molar-refractivity contribution in [1.82, 2.24) is 0 Å². The van der Waals surface area contributed by atoms with Gasteiger partial charge in [0, 0.05) is 12.3 Å². The van der Waals surface area contributed by atoms with Crippen molar-refractivity contribution in [1.29, 1.82) is 0 Å². The molecule has 1 saturated carbocycles. The number of hydrogen-bond acceptors (Lipinski definition) is 2. The predicted molar refractivity (Wildman–Crippen MR) is 68.4 cm³/mol. The van der Waals surface area contributed by atoms with Crippen molar-refractivity contribution in [3.05, 3.63) is 29.8 Å². The summed E-state index contributed by atoms with van der Waals surface area (Å²) in [6.45, 7) is 4.81. The lowest BCUT2D eigenvalue weighted by Crippen LogP contribution is -2.08. The lowest BCUT2D eigenvalue weighted by atomic mass is 10.0. The van der Waals surface area contributed by atoms with Gasteiger partial charge in [0.2, 0.25) is 0 Å². The van der Waals surface area contributed by atoms with Crippen LogP contribution < -0.4 is 4.74 Å². The summed E-state index contributed by atoms with van der Waals surface area (Å²) in [4.78, 5) is 11.5. The van der Waals surface area contributed by atoms with E-state index in [-0.39, 0.29) is 0 Å². The molecule has 0 heterocycles. The molecule has 2 heteroatoms. The molecule has 0 saturated heterocycles. The number of carbonyl (C=O) groups is 1. The summed E-state index contributed by atoms with van der Waals surface area (Å²) >= 11 is 0. The fourth-order valence-corrected chi connectivity index (χ4v) is 1.96. The van der Waals surface area contributed by atoms with Crippen LogP contribution in [0.15, 0.2) is 24.3 Å². The van der Waals surface area contributed by atoms with Gasteiger partial charge in [0.05, 0.1) is 6.61 Å². The summed E-state index contributed by atoms with van der Waals surface area (Å²) in [6, 6.07) is 8.07. The maximum absolute atomic E-state index is 11.5. The van der Waals surface area contributed by atoms with E-state index >= 15 is 0 Å². The number of rotatable bonds is 6. The van der Waals surface area contributed by atoms with E-state index in [0.717, 1.165) is 18.6 Å². The molecule has 0 radical (unpaired) electrons. The van der Waals surface area contributed by atoms with E-state index in [1.54, 1.807) is 0 Å². The van der Waals surface area contributed by atoms with Crippen LogP contribution >= 0.6 is 0 Å². The van der Waals surface area contributed by atoms with Crippen LogP contribution in [0.25, 0.3) is 0 Å². The fraction of sp³-hybridized carbons (Fsp3) is 0.533. The van der Waals surface area contributed by atoms with E-state index in [9.17, 15) is 4.79 Å². The van der Waals surface area contributed by atoms with Gasteiger partial charge in [-0.1, -0.05) is 32.0 Å². The smallest absolute Gasteiger partial charge is 0.139 e. The molecular formula is C15H20O2. The maximum Gasteiger partial charge on any atom is 0.139 e. The van der Waals surface area contributed by atoms with Crippen molar-refractivity contribution < 1.29 is 9.53 Å². The third-order valence-corrected chi connectivity index (χ3v) is 3.18. The van der Waals surface area contributed by atoms with E-state index < -0.39 is 0 Å². The van der Waals surface area contributed by atoms with E-state index in [0.29, 0.717) is 30.6 Å². The molecule has 2 nitrogen and oxygen atoms in total. The first-order chi connectivity index (χ1) is 8.18. The van der Waals surface area contributed by atoms with Crippen LogP contribution in [0.1, 0.15) is 44.6 Å². The Morgan fingerprint density at radius 1 is 1.35 bits per heavy atom. The highest BCUT2D eigenvalue weighted by atomic mass is 16.5. The fourth-order valence-electron chi connectivity index (χ4n) is 1.96. The zero-order chi connectivity index (χ0) is 12.3. The summed E-state index contributed by atoms with van der Waals surface area (Å²) in [5.74, 6) is 2.09. The van der Waals surface area contributed by atoms with Crippen molar-refractivity contribution in [2.24, 2.45) is 5.92 Å². The van der Waals surface area contributed by atoms with E-state index in [1.165, 1.54) is 5.56 Å². The minimum absolute atomic E-state index is 0.346. The Balaban J connectivity index is 1.87. The Bertz CT molecular complexity index is 392. The average Bonchev–Trinajstić information content (AvgIpc) is 3.13. The maximum atomic E-state index is 11.5. The van der Waals surface area contributed by atoms with Crippen LogP contribution in [0.3, 0.4) is 0 Å². The largest absolute Gasteiger partial charge is 0.493 e. The Labute approximate surface area is 103 Å². The Morgan fingerprint density at radius 3 is 2.71 bits per heavy atom. The van der Waals surface area contributed by atoms with Gasteiger partial charge in [0.15, 0.2) is 0 Å². The molecule has 0 bridgehead atoms. The summed E-state index contributed by atoms with van der Waals surface area (Å²) < 4.78 is 5.73. The molecule has 1 aliphatic carbocycles. The van der Waals surface area contributed by atoms with Crippen molar-refractivity contribution >= 4 is 5.78 Å². The first-order valence-corrected chi connectivity index (χ1v) is 6.43. The zero-order valence-corrected chi connectivity index (χ0v) is 10.6. The normalized spacial score (nSPS) is 15.0. The lowest BCUT2D eigenvalue weighted by Gasteiger charge is -2.13. The molecule has 1 fully saturated rings. The van der Waals surface area contributed by atoms with E-state index in [1.807, 2.05) is 18.2 Å². The molecule has 1 aliphatic rings. The highest BCUT2D eigenvalue weighted by Gasteiger charge is 2.28. The molecule has 17 heavy (non-hydrogen) atoms. The monoisotopic (exact) mass is 232 g/mol. The standard InChI is InChI=1S/C15H20O2/c1-11(2)13-5-3-4-6-15(13)17-10-9-14(16)12-7-8-12/h3-6,11-12H,7-10H2,1-2H3. The highest BCUT2D eigenvalue weighted by molar-refractivity contribution is 5.83. The second-order valence-corrected chi connectivity index (χ2v) is 5.03. The second kappa shape index (κ2) is 5.35. The Morgan fingerprint density at radius 2 is 2.06 bits per heavy atom. The minimum atomic E-state index is 0.346. The molecule has 0 aromatic heterocycles. The van der Waals surface area contributed by atoms with Gasteiger partial charge >= 0.3 is 0 Å². The molecule has 1 aromatic carbocycles. The quantitative estimate of drug-likeness (QED) is 0.749. The van der Waals surface area contributed by atoms with Crippen LogP contribution in [0.5, 0.6) is 5.75 Å². The van der Waals surface area contributed by atoms with Crippen molar-refractivity contribution in [3.8, 4) is 5.75 Å². The number of carbonyl (C=O) groups excluding carboxylic acids is 1. The number of hydrogen-bond donors (Lipinski definition) is 0. The molecule has 2 rings (SSSR count).